The van der Waals surface area contributed by atoms with Crippen molar-refractivity contribution in [3.05, 3.63) is 18.2 Å². The lowest BCUT2D eigenvalue weighted by Gasteiger charge is -2.27. The van der Waals surface area contributed by atoms with Gasteiger partial charge in [-0.3, -0.25) is 4.79 Å². The fraction of sp³-hybridized carbons (Fsp3) is 0.611. The third-order valence-electron chi connectivity index (χ3n) is 4.58. The van der Waals surface area contributed by atoms with Crippen LogP contribution in [0.3, 0.4) is 0 Å². The van der Waals surface area contributed by atoms with E-state index in [1.54, 1.807) is 12.1 Å². The molecule has 1 aromatic rings. The van der Waals surface area contributed by atoms with Gasteiger partial charge in [0, 0.05) is 18.8 Å². The maximum atomic E-state index is 13.0. The minimum absolute atomic E-state index is 0.0593. The Labute approximate surface area is 155 Å². The van der Waals surface area contributed by atoms with Crippen molar-refractivity contribution in [2.75, 3.05) is 25.5 Å². The molecule has 0 radical (unpaired) electrons. The highest BCUT2D eigenvalue weighted by atomic mass is 32.2. The Morgan fingerprint density at radius 3 is 2.38 bits per heavy atom. The number of anilines is 1. The summed E-state index contributed by atoms with van der Waals surface area (Å²) in [6.07, 6.45) is 2.72. The highest BCUT2D eigenvalue weighted by Crippen LogP contribution is 2.31. The molecule has 3 N–H and O–H groups in total. The molecule has 0 aromatic heterocycles. The van der Waals surface area contributed by atoms with E-state index in [0.29, 0.717) is 18.8 Å². The van der Waals surface area contributed by atoms with Crippen LogP contribution in [0.4, 0.5) is 5.69 Å². The molecule has 1 amide bonds. The first kappa shape index (κ1) is 20.7. The molecule has 7 nitrogen and oxygen atoms in total. The number of carbonyl (C=O) groups is 1. The first-order valence-electron chi connectivity index (χ1n) is 8.82. The Bertz CT molecular complexity index is 750. The first-order valence-corrected chi connectivity index (χ1v) is 10.3. The molecule has 1 aliphatic heterocycles. The maximum Gasteiger partial charge on any atom is 0.246 e. The van der Waals surface area contributed by atoms with E-state index in [2.05, 4.69) is 5.32 Å². The number of piperidine rings is 1. The summed E-state index contributed by atoms with van der Waals surface area (Å²) >= 11 is 0. The van der Waals surface area contributed by atoms with E-state index in [-0.39, 0.29) is 16.6 Å². The van der Waals surface area contributed by atoms with Gasteiger partial charge in [0.2, 0.25) is 15.9 Å². The zero-order valence-electron chi connectivity index (χ0n) is 15.9. The quantitative estimate of drug-likeness (QED) is 0.811. The highest BCUT2D eigenvalue weighted by molar-refractivity contribution is 7.89. The zero-order chi connectivity index (χ0) is 19.5. The summed E-state index contributed by atoms with van der Waals surface area (Å²) < 4.78 is 32.7. The van der Waals surface area contributed by atoms with E-state index in [9.17, 15) is 13.2 Å². The molecule has 1 atom stereocenters. The number of hydrogen-bond donors (Lipinski definition) is 2. The molecule has 0 bridgehead atoms. The van der Waals surface area contributed by atoms with Crippen LogP contribution in [0.2, 0.25) is 0 Å². The normalized spacial score (nSPS) is 17.6. The second-order valence-electron chi connectivity index (χ2n) is 7.66. The predicted molar refractivity (Wildman–Crippen MR) is 102 cm³/mol. The Balaban J connectivity index is 2.32. The summed E-state index contributed by atoms with van der Waals surface area (Å²) in [5.74, 6) is -0.0994. The van der Waals surface area contributed by atoms with E-state index in [1.807, 2.05) is 20.8 Å². The van der Waals surface area contributed by atoms with Crippen LogP contribution in [0.5, 0.6) is 5.75 Å². The van der Waals surface area contributed by atoms with Crippen LogP contribution in [0.25, 0.3) is 0 Å². The number of nitrogens with two attached hydrogens (primary N) is 1. The number of ether oxygens (including phenoxy) is 1. The van der Waals surface area contributed by atoms with Crippen molar-refractivity contribution >= 4 is 21.6 Å². The SMILES string of the molecule is COc1ccc(NC(=O)[C@@H](N)C(C)(C)C)cc1S(=O)(=O)N1CCCCC1. The molecule has 1 saturated heterocycles. The van der Waals surface area contributed by atoms with Gasteiger partial charge >= 0.3 is 0 Å². The first-order chi connectivity index (χ1) is 12.1. The Morgan fingerprint density at radius 1 is 1.23 bits per heavy atom. The molecule has 1 aliphatic rings. The fourth-order valence-corrected chi connectivity index (χ4v) is 4.51. The lowest BCUT2D eigenvalue weighted by Crippen LogP contribution is -2.45. The number of hydrogen-bond acceptors (Lipinski definition) is 5. The van der Waals surface area contributed by atoms with Gasteiger partial charge < -0.3 is 15.8 Å². The maximum absolute atomic E-state index is 13.0. The summed E-state index contributed by atoms with van der Waals surface area (Å²) in [4.78, 5) is 12.4. The van der Waals surface area contributed by atoms with Crippen LogP contribution >= 0.6 is 0 Å². The minimum atomic E-state index is -3.69. The van der Waals surface area contributed by atoms with Gasteiger partial charge in [-0.1, -0.05) is 27.2 Å². The van der Waals surface area contributed by atoms with Crippen molar-refractivity contribution in [2.45, 2.75) is 51.0 Å². The summed E-state index contributed by atoms with van der Waals surface area (Å²) in [6.45, 7) is 6.61. The number of rotatable bonds is 5. The van der Waals surface area contributed by atoms with E-state index in [1.165, 1.54) is 17.5 Å². The Hall–Kier alpha value is -1.64. The Morgan fingerprint density at radius 2 is 1.85 bits per heavy atom. The summed E-state index contributed by atoms with van der Waals surface area (Å²) in [6, 6.07) is 3.89. The molecule has 1 fully saturated rings. The van der Waals surface area contributed by atoms with Gasteiger partial charge in [-0.2, -0.15) is 4.31 Å². The second kappa shape index (κ2) is 7.94. The minimum Gasteiger partial charge on any atom is -0.495 e. The van der Waals surface area contributed by atoms with Gasteiger partial charge in [0.05, 0.1) is 13.2 Å². The lowest BCUT2D eigenvalue weighted by molar-refractivity contribution is -0.119. The van der Waals surface area contributed by atoms with Crippen LogP contribution in [-0.2, 0) is 14.8 Å². The van der Waals surface area contributed by atoms with Gasteiger partial charge in [-0.25, -0.2) is 8.42 Å². The molecular weight excluding hydrogens is 354 g/mol. The number of benzene rings is 1. The van der Waals surface area contributed by atoms with Gasteiger partial charge in [-0.15, -0.1) is 0 Å². The van der Waals surface area contributed by atoms with Crippen molar-refractivity contribution in [3.63, 3.8) is 0 Å². The molecule has 0 aliphatic carbocycles. The highest BCUT2D eigenvalue weighted by Gasteiger charge is 2.30. The van der Waals surface area contributed by atoms with E-state index in [4.69, 9.17) is 10.5 Å². The largest absolute Gasteiger partial charge is 0.495 e. The molecule has 0 unspecified atom stereocenters. The van der Waals surface area contributed by atoms with Gasteiger partial charge in [0.1, 0.15) is 10.6 Å². The van der Waals surface area contributed by atoms with Crippen LogP contribution in [-0.4, -0.2) is 44.9 Å². The Kier molecular flexibility index (Phi) is 6.31. The predicted octanol–water partition coefficient (Wildman–Crippen LogP) is 2.18. The van der Waals surface area contributed by atoms with Crippen molar-refractivity contribution in [1.82, 2.24) is 4.31 Å². The van der Waals surface area contributed by atoms with Crippen LogP contribution < -0.4 is 15.8 Å². The van der Waals surface area contributed by atoms with Crippen LogP contribution in [0, 0.1) is 5.41 Å². The molecule has 0 spiro atoms. The average Bonchev–Trinajstić information content (AvgIpc) is 2.60. The molecule has 8 heteroatoms. The number of nitrogens with zero attached hydrogens (tertiary/aromatic N) is 1. The van der Waals surface area contributed by atoms with Crippen molar-refractivity contribution in [1.29, 1.82) is 0 Å². The van der Waals surface area contributed by atoms with Gasteiger partial charge in [-0.05, 0) is 36.5 Å². The second-order valence-corrected chi connectivity index (χ2v) is 9.57. The lowest BCUT2D eigenvalue weighted by atomic mass is 9.87. The van der Waals surface area contributed by atoms with E-state index < -0.39 is 21.5 Å². The molecule has 1 heterocycles. The summed E-state index contributed by atoms with van der Waals surface area (Å²) in [7, 11) is -2.26. The number of amides is 1. The topological polar surface area (TPSA) is 102 Å². The third kappa shape index (κ3) is 4.55. The van der Waals surface area contributed by atoms with Crippen molar-refractivity contribution in [3.8, 4) is 5.75 Å². The standard InChI is InChI=1S/C18H29N3O4S/c1-18(2,3)16(19)17(22)20-13-8-9-14(25-4)15(12-13)26(23,24)21-10-6-5-7-11-21/h8-9,12,16H,5-7,10-11,19H2,1-4H3,(H,20,22)/t16-/m1/s1. The molecule has 146 valence electrons. The number of nitrogens with one attached hydrogen (secondary N) is 1. The van der Waals surface area contributed by atoms with Gasteiger partial charge in [0.15, 0.2) is 0 Å². The molecule has 2 rings (SSSR count). The zero-order valence-corrected chi connectivity index (χ0v) is 16.7. The smallest absolute Gasteiger partial charge is 0.246 e. The van der Waals surface area contributed by atoms with E-state index in [0.717, 1.165) is 19.3 Å². The third-order valence-corrected chi connectivity index (χ3v) is 6.50. The van der Waals surface area contributed by atoms with Crippen molar-refractivity contribution in [2.24, 2.45) is 11.1 Å². The molecule has 26 heavy (non-hydrogen) atoms. The number of sulfonamides is 1. The van der Waals surface area contributed by atoms with Crippen molar-refractivity contribution < 1.29 is 17.9 Å². The monoisotopic (exact) mass is 383 g/mol. The molecular formula is C18H29N3O4S. The molecule has 1 aromatic carbocycles. The van der Waals surface area contributed by atoms with E-state index >= 15 is 0 Å². The average molecular weight is 384 g/mol. The van der Waals surface area contributed by atoms with Gasteiger partial charge in [0.25, 0.3) is 0 Å². The number of carbonyl (C=O) groups excluding carboxylic acids is 1. The molecule has 0 saturated carbocycles. The van der Waals surface area contributed by atoms with Crippen LogP contribution in [0.1, 0.15) is 40.0 Å². The van der Waals surface area contributed by atoms with Crippen LogP contribution in [0.15, 0.2) is 23.1 Å². The number of methoxy groups -OCH3 is 1. The fourth-order valence-electron chi connectivity index (χ4n) is 2.81. The summed E-state index contributed by atoms with van der Waals surface area (Å²) in [5.41, 5.74) is 5.95. The summed E-state index contributed by atoms with van der Waals surface area (Å²) in [5, 5.41) is 2.71.